The highest BCUT2D eigenvalue weighted by Gasteiger charge is 2.11. The average Bonchev–Trinajstić information content (AvgIpc) is 2.17. The van der Waals surface area contributed by atoms with Crippen molar-refractivity contribution in [2.24, 2.45) is 5.73 Å². The molecule has 0 fully saturated rings. The van der Waals surface area contributed by atoms with Gasteiger partial charge in [0.15, 0.2) is 0 Å². The quantitative estimate of drug-likeness (QED) is 0.642. The molecule has 1 amide bonds. The number of aromatic amines is 1. The number of carbonyl (C=O) groups excluding carboxylic acids is 1. The van der Waals surface area contributed by atoms with Gasteiger partial charge in [-0.15, -0.1) is 0 Å². The lowest BCUT2D eigenvalue weighted by atomic mass is 10.2. The number of aryl methyl sites for hydroxylation is 1. The van der Waals surface area contributed by atoms with Gasteiger partial charge in [-0.1, -0.05) is 0 Å². The first-order valence-electron chi connectivity index (χ1n) is 4.75. The van der Waals surface area contributed by atoms with Crippen molar-refractivity contribution in [1.82, 2.24) is 10.3 Å². The fraction of sp³-hybridized carbons (Fsp3) is 0.400. The van der Waals surface area contributed by atoms with Crippen molar-refractivity contribution in [3.8, 4) is 0 Å². The lowest BCUT2D eigenvalue weighted by Crippen LogP contribution is -2.40. The third-order valence-electron chi connectivity index (χ3n) is 2.03. The van der Waals surface area contributed by atoms with Gasteiger partial charge in [0.25, 0.3) is 11.5 Å². The monoisotopic (exact) mass is 209 g/mol. The first kappa shape index (κ1) is 11.5. The second-order valence-electron chi connectivity index (χ2n) is 3.49. The minimum atomic E-state index is -0.394. The SMILES string of the molecule is Cc1ccc(C(=O)N[C@H](C)CN)c(=O)[nH]1. The molecule has 4 N–H and O–H groups in total. The highest BCUT2D eigenvalue weighted by Crippen LogP contribution is 1.94. The van der Waals surface area contributed by atoms with E-state index in [0.717, 1.165) is 5.69 Å². The minimum Gasteiger partial charge on any atom is -0.348 e. The Hall–Kier alpha value is -1.62. The number of amides is 1. The Labute approximate surface area is 87.7 Å². The van der Waals surface area contributed by atoms with Gasteiger partial charge in [0.1, 0.15) is 5.56 Å². The zero-order valence-electron chi connectivity index (χ0n) is 8.83. The molecule has 82 valence electrons. The van der Waals surface area contributed by atoms with Crippen molar-refractivity contribution < 1.29 is 4.79 Å². The molecule has 15 heavy (non-hydrogen) atoms. The summed E-state index contributed by atoms with van der Waals surface area (Å²) in [4.78, 5) is 25.5. The van der Waals surface area contributed by atoms with Crippen LogP contribution in [0.15, 0.2) is 16.9 Å². The number of carbonyl (C=O) groups is 1. The average molecular weight is 209 g/mol. The lowest BCUT2D eigenvalue weighted by molar-refractivity contribution is 0.0939. The molecule has 1 heterocycles. The molecule has 1 aromatic heterocycles. The molecule has 0 aliphatic carbocycles. The van der Waals surface area contributed by atoms with Gasteiger partial charge in [-0.25, -0.2) is 0 Å². The molecule has 1 atom stereocenters. The van der Waals surface area contributed by atoms with E-state index >= 15 is 0 Å². The zero-order chi connectivity index (χ0) is 11.4. The van der Waals surface area contributed by atoms with Crippen molar-refractivity contribution in [1.29, 1.82) is 0 Å². The Bertz CT molecular complexity index is 411. The largest absolute Gasteiger partial charge is 0.348 e. The molecule has 0 unspecified atom stereocenters. The molecule has 0 aliphatic rings. The molecule has 0 aromatic carbocycles. The van der Waals surface area contributed by atoms with E-state index in [0.29, 0.717) is 6.54 Å². The molecule has 0 aliphatic heterocycles. The Balaban J connectivity index is 2.88. The number of nitrogens with one attached hydrogen (secondary N) is 2. The van der Waals surface area contributed by atoms with E-state index < -0.39 is 5.91 Å². The smallest absolute Gasteiger partial charge is 0.260 e. The van der Waals surface area contributed by atoms with E-state index in [9.17, 15) is 9.59 Å². The van der Waals surface area contributed by atoms with E-state index in [1.54, 1.807) is 19.9 Å². The van der Waals surface area contributed by atoms with Crippen molar-refractivity contribution in [3.05, 3.63) is 33.7 Å². The van der Waals surface area contributed by atoms with Gasteiger partial charge in [0.2, 0.25) is 0 Å². The Morgan fingerprint density at radius 1 is 1.60 bits per heavy atom. The van der Waals surface area contributed by atoms with Crippen molar-refractivity contribution in [2.75, 3.05) is 6.54 Å². The van der Waals surface area contributed by atoms with Gasteiger partial charge < -0.3 is 16.0 Å². The predicted molar refractivity (Wildman–Crippen MR) is 57.8 cm³/mol. The summed E-state index contributed by atoms with van der Waals surface area (Å²) < 4.78 is 0. The minimum absolute atomic E-state index is 0.112. The molecule has 0 saturated heterocycles. The maximum absolute atomic E-state index is 11.6. The molecule has 5 nitrogen and oxygen atoms in total. The van der Waals surface area contributed by atoms with Crippen LogP contribution in [0, 0.1) is 6.92 Å². The van der Waals surface area contributed by atoms with E-state index in [1.807, 2.05) is 0 Å². The number of rotatable bonds is 3. The van der Waals surface area contributed by atoms with Crippen LogP contribution in [0.1, 0.15) is 23.0 Å². The molecule has 0 saturated carbocycles. The van der Waals surface area contributed by atoms with E-state index in [2.05, 4.69) is 10.3 Å². The molecule has 0 spiro atoms. The highest BCUT2D eigenvalue weighted by molar-refractivity contribution is 5.93. The topological polar surface area (TPSA) is 88.0 Å². The predicted octanol–water partition coefficient (Wildman–Crippen LogP) is -0.240. The Morgan fingerprint density at radius 2 is 2.27 bits per heavy atom. The molecule has 0 bridgehead atoms. The van der Waals surface area contributed by atoms with Crippen LogP contribution in [0.3, 0.4) is 0 Å². The zero-order valence-corrected chi connectivity index (χ0v) is 8.83. The van der Waals surface area contributed by atoms with E-state index in [1.165, 1.54) is 6.07 Å². The van der Waals surface area contributed by atoms with Gasteiger partial charge in [-0.3, -0.25) is 9.59 Å². The Morgan fingerprint density at radius 3 is 2.80 bits per heavy atom. The highest BCUT2D eigenvalue weighted by atomic mass is 16.2. The first-order chi connectivity index (χ1) is 7.04. The summed E-state index contributed by atoms with van der Waals surface area (Å²) >= 11 is 0. The number of H-pyrrole nitrogens is 1. The van der Waals surface area contributed by atoms with Gasteiger partial charge >= 0.3 is 0 Å². The Kier molecular flexibility index (Phi) is 3.62. The number of hydrogen-bond donors (Lipinski definition) is 3. The normalized spacial score (nSPS) is 12.2. The third kappa shape index (κ3) is 2.92. The fourth-order valence-electron chi connectivity index (χ4n) is 1.11. The molecule has 1 rings (SSSR count). The number of aromatic nitrogens is 1. The van der Waals surface area contributed by atoms with Crippen LogP contribution in [0.2, 0.25) is 0 Å². The number of pyridine rings is 1. The van der Waals surface area contributed by atoms with Crippen LogP contribution in [0.5, 0.6) is 0 Å². The van der Waals surface area contributed by atoms with Gasteiger partial charge in [-0.2, -0.15) is 0 Å². The summed E-state index contributed by atoms with van der Waals surface area (Å²) in [5.41, 5.74) is 5.82. The van der Waals surface area contributed by atoms with E-state index in [-0.39, 0.29) is 17.2 Å². The van der Waals surface area contributed by atoms with Crippen LogP contribution in [0.4, 0.5) is 0 Å². The summed E-state index contributed by atoms with van der Waals surface area (Å²) in [6.45, 7) is 3.88. The number of nitrogens with two attached hydrogens (primary N) is 1. The van der Waals surface area contributed by atoms with E-state index in [4.69, 9.17) is 5.73 Å². The molecule has 1 aromatic rings. The maximum Gasteiger partial charge on any atom is 0.260 e. The van der Waals surface area contributed by atoms with Crippen molar-refractivity contribution in [2.45, 2.75) is 19.9 Å². The van der Waals surface area contributed by atoms with Crippen molar-refractivity contribution >= 4 is 5.91 Å². The maximum atomic E-state index is 11.6. The van der Waals surface area contributed by atoms with Gasteiger partial charge in [-0.05, 0) is 26.0 Å². The molecule has 5 heteroatoms. The lowest BCUT2D eigenvalue weighted by Gasteiger charge is -2.10. The van der Waals surface area contributed by atoms with Crippen LogP contribution in [-0.4, -0.2) is 23.5 Å². The van der Waals surface area contributed by atoms with Crippen LogP contribution in [0.25, 0.3) is 0 Å². The summed E-state index contributed by atoms with van der Waals surface area (Å²) in [5.74, 6) is -0.394. The summed E-state index contributed by atoms with van der Waals surface area (Å²) in [7, 11) is 0. The third-order valence-corrected chi connectivity index (χ3v) is 2.03. The molecular weight excluding hydrogens is 194 g/mol. The summed E-state index contributed by atoms with van der Waals surface area (Å²) in [5, 5.41) is 2.62. The van der Waals surface area contributed by atoms with Gasteiger partial charge in [0, 0.05) is 18.3 Å². The van der Waals surface area contributed by atoms with Crippen LogP contribution >= 0.6 is 0 Å². The van der Waals surface area contributed by atoms with Crippen LogP contribution < -0.4 is 16.6 Å². The molecular formula is C10H15N3O2. The molecule has 0 radical (unpaired) electrons. The standard InChI is InChI=1S/C10H15N3O2/c1-6-3-4-8(9(14)12-6)10(15)13-7(2)5-11/h3-4,7H,5,11H2,1-2H3,(H,12,14)(H,13,15)/t7-/m1/s1. The second-order valence-corrected chi connectivity index (χ2v) is 3.49. The summed E-state index contributed by atoms with van der Waals surface area (Å²) in [6, 6.07) is 3.05. The second kappa shape index (κ2) is 4.75. The van der Waals surface area contributed by atoms with Crippen LogP contribution in [-0.2, 0) is 0 Å². The summed E-state index contributed by atoms with van der Waals surface area (Å²) in [6.07, 6.45) is 0. The number of hydrogen-bond acceptors (Lipinski definition) is 3. The van der Waals surface area contributed by atoms with Crippen molar-refractivity contribution in [3.63, 3.8) is 0 Å². The fourth-order valence-corrected chi connectivity index (χ4v) is 1.11. The first-order valence-corrected chi connectivity index (χ1v) is 4.75. The van der Waals surface area contributed by atoms with Gasteiger partial charge in [0.05, 0.1) is 0 Å².